The molecule has 1 spiro atoms. The molecule has 9 nitrogen and oxygen atoms in total. The molecule has 2 aliphatic rings. The zero-order valence-corrected chi connectivity index (χ0v) is 20.2. The maximum Gasteiger partial charge on any atom is 0.277 e. The molecule has 3 aromatic carbocycles. The van der Waals surface area contributed by atoms with E-state index in [4.69, 9.17) is 23.8 Å². The fraction of sp³-hybridized carbons (Fsp3) is 0.222. The van der Waals surface area contributed by atoms with E-state index in [1.165, 1.54) is 28.4 Å². The third-order valence-corrected chi connectivity index (χ3v) is 6.49. The van der Waals surface area contributed by atoms with Crippen molar-refractivity contribution >= 4 is 23.1 Å². The van der Waals surface area contributed by atoms with Crippen LogP contribution in [0.25, 0.3) is 0 Å². The number of anilines is 1. The second-order valence-corrected chi connectivity index (χ2v) is 8.24. The van der Waals surface area contributed by atoms with E-state index in [0.717, 1.165) is 0 Å². The summed E-state index contributed by atoms with van der Waals surface area (Å²) in [5.74, 6) is -0.175. The van der Waals surface area contributed by atoms with Crippen LogP contribution >= 0.6 is 0 Å². The van der Waals surface area contributed by atoms with Gasteiger partial charge in [0.15, 0.2) is 17.3 Å². The Morgan fingerprint density at radius 2 is 1.61 bits per heavy atom. The first kappa shape index (κ1) is 23.2. The van der Waals surface area contributed by atoms with Crippen molar-refractivity contribution in [2.24, 2.45) is 11.1 Å². The highest BCUT2D eigenvalue weighted by molar-refractivity contribution is 6.25. The summed E-state index contributed by atoms with van der Waals surface area (Å²) in [4.78, 5) is 33.7. The number of hydrogen-bond acceptors (Lipinski definition) is 8. The second kappa shape index (κ2) is 8.92. The van der Waals surface area contributed by atoms with E-state index >= 15 is 0 Å². The molecule has 184 valence electrons. The second-order valence-electron chi connectivity index (χ2n) is 8.24. The SMILES string of the molecule is COc1ccc(OC)c(C2=NO[C@@]3(C(=O)Nc4ccccc43)[C@H]2C(=O)c2ccc(OC)c(OC)c2)c1. The molecule has 0 saturated heterocycles. The first-order valence-electron chi connectivity index (χ1n) is 11.1. The van der Waals surface area contributed by atoms with Crippen molar-refractivity contribution in [1.82, 2.24) is 0 Å². The number of methoxy groups -OCH3 is 4. The van der Waals surface area contributed by atoms with Crippen molar-refractivity contribution in [1.29, 1.82) is 0 Å². The van der Waals surface area contributed by atoms with Gasteiger partial charge in [-0.3, -0.25) is 9.59 Å². The van der Waals surface area contributed by atoms with E-state index in [9.17, 15) is 9.59 Å². The summed E-state index contributed by atoms with van der Waals surface area (Å²) in [5, 5.41) is 7.16. The molecule has 0 fully saturated rings. The van der Waals surface area contributed by atoms with Gasteiger partial charge in [0.2, 0.25) is 0 Å². The fourth-order valence-electron chi connectivity index (χ4n) is 4.73. The molecule has 2 heterocycles. The lowest BCUT2D eigenvalue weighted by Crippen LogP contribution is -2.46. The highest BCUT2D eigenvalue weighted by Gasteiger charge is 2.63. The van der Waals surface area contributed by atoms with Crippen LogP contribution in [0.1, 0.15) is 21.5 Å². The molecule has 5 rings (SSSR count). The van der Waals surface area contributed by atoms with Crippen LogP contribution < -0.4 is 24.3 Å². The first-order chi connectivity index (χ1) is 17.5. The van der Waals surface area contributed by atoms with Crippen LogP contribution in [0.3, 0.4) is 0 Å². The molecule has 2 aliphatic heterocycles. The summed E-state index contributed by atoms with van der Waals surface area (Å²) >= 11 is 0. The van der Waals surface area contributed by atoms with E-state index in [1.54, 1.807) is 60.7 Å². The predicted octanol–water partition coefficient (Wildman–Crippen LogP) is 3.80. The molecule has 0 radical (unpaired) electrons. The maximum atomic E-state index is 14.3. The van der Waals surface area contributed by atoms with Gasteiger partial charge in [0.05, 0.1) is 28.4 Å². The lowest BCUT2D eigenvalue weighted by atomic mass is 9.74. The monoisotopic (exact) mass is 488 g/mol. The van der Waals surface area contributed by atoms with E-state index in [2.05, 4.69) is 10.5 Å². The van der Waals surface area contributed by atoms with Crippen LogP contribution in [0.15, 0.2) is 65.8 Å². The molecule has 1 amide bonds. The molecule has 1 N–H and O–H groups in total. The van der Waals surface area contributed by atoms with Gasteiger partial charge in [0, 0.05) is 22.4 Å². The summed E-state index contributed by atoms with van der Waals surface area (Å²) in [6.07, 6.45) is 0. The molecular formula is C27H24N2O7. The van der Waals surface area contributed by atoms with Crippen LogP contribution in [0.5, 0.6) is 23.0 Å². The molecule has 36 heavy (non-hydrogen) atoms. The summed E-state index contributed by atoms with van der Waals surface area (Å²) < 4.78 is 21.7. The molecule has 0 aliphatic carbocycles. The normalized spacial score (nSPS) is 19.7. The Labute approximate surface area is 207 Å². The summed E-state index contributed by atoms with van der Waals surface area (Å²) in [7, 11) is 6.05. The Balaban J connectivity index is 1.72. The number of benzene rings is 3. The van der Waals surface area contributed by atoms with Gasteiger partial charge in [-0.25, -0.2) is 0 Å². The third kappa shape index (κ3) is 3.35. The van der Waals surface area contributed by atoms with Crippen molar-refractivity contribution in [3.63, 3.8) is 0 Å². The van der Waals surface area contributed by atoms with Gasteiger partial charge in [-0.2, -0.15) is 0 Å². The Morgan fingerprint density at radius 3 is 2.33 bits per heavy atom. The van der Waals surface area contributed by atoms with Gasteiger partial charge in [-0.05, 0) is 42.5 Å². The molecule has 2 atom stereocenters. The average Bonchev–Trinajstić information content (AvgIpc) is 3.45. The van der Waals surface area contributed by atoms with Gasteiger partial charge >= 0.3 is 0 Å². The van der Waals surface area contributed by atoms with Crippen LogP contribution in [0.4, 0.5) is 5.69 Å². The quantitative estimate of drug-likeness (QED) is 0.505. The first-order valence-corrected chi connectivity index (χ1v) is 11.1. The van der Waals surface area contributed by atoms with E-state index in [0.29, 0.717) is 45.4 Å². The predicted molar refractivity (Wildman–Crippen MR) is 131 cm³/mol. The number of oxime groups is 1. The van der Waals surface area contributed by atoms with Crippen molar-refractivity contribution in [3.05, 3.63) is 77.4 Å². The van der Waals surface area contributed by atoms with E-state index in [1.807, 2.05) is 0 Å². The molecule has 0 aromatic heterocycles. The minimum atomic E-state index is -1.70. The summed E-state index contributed by atoms with van der Waals surface area (Å²) in [6, 6.07) is 17.1. The minimum absolute atomic E-state index is 0.248. The average molecular weight is 488 g/mol. The lowest BCUT2D eigenvalue weighted by Gasteiger charge is -2.27. The number of carbonyl (C=O) groups is 2. The highest BCUT2D eigenvalue weighted by atomic mass is 16.7. The minimum Gasteiger partial charge on any atom is -0.497 e. The van der Waals surface area contributed by atoms with Crippen LogP contribution in [-0.2, 0) is 15.2 Å². The number of rotatable bonds is 7. The number of ketones is 1. The number of ether oxygens (including phenoxy) is 4. The topological polar surface area (TPSA) is 105 Å². The fourth-order valence-corrected chi connectivity index (χ4v) is 4.73. The standard InChI is InChI=1S/C27H24N2O7/c1-32-16-10-12-20(33-2)17(14-16)24-23(25(30)15-9-11-21(34-3)22(13-15)35-4)27(36-29-24)18-7-5-6-8-19(18)28-26(27)31/h5-14,23H,1-4H3,(H,28,31)/t23-,27-/m1/s1. The Hall–Kier alpha value is -4.53. The van der Waals surface area contributed by atoms with E-state index < -0.39 is 17.4 Å². The van der Waals surface area contributed by atoms with Gasteiger partial charge in [-0.15, -0.1) is 0 Å². The number of para-hydroxylation sites is 1. The molecule has 0 unspecified atom stereocenters. The maximum absolute atomic E-state index is 14.3. The molecule has 0 saturated carbocycles. The molecule has 9 heteroatoms. The van der Waals surface area contributed by atoms with Gasteiger partial charge in [0.1, 0.15) is 23.1 Å². The van der Waals surface area contributed by atoms with Crippen LogP contribution in [0.2, 0.25) is 0 Å². The van der Waals surface area contributed by atoms with Crippen LogP contribution in [-0.4, -0.2) is 45.8 Å². The lowest BCUT2D eigenvalue weighted by molar-refractivity contribution is -0.140. The van der Waals surface area contributed by atoms with Crippen molar-refractivity contribution in [2.75, 3.05) is 33.8 Å². The Morgan fingerprint density at radius 1 is 0.889 bits per heavy atom. The van der Waals surface area contributed by atoms with Crippen LogP contribution in [0, 0.1) is 5.92 Å². The molecular weight excluding hydrogens is 464 g/mol. The van der Waals surface area contributed by atoms with Gasteiger partial charge in [0.25, 0.3) is 11.5 Å². The number of amides is 1. The largest absolute Gasteiger partial charge is 0.497 e. The van der Waals surface area contributed by atoms with Crippen molar-refractivity contribution in [3.8, 4) is 23.0 Å². The zero-order valence-electron chi connectivity index (χ0n) is 20.2. The van der Waals surface area contributed by atoms with Crippen molar-refractivity contribution in [2.45, 2.75) is 5.60 Å². The number of Topliss-reactive ketones (excluding diaryl/α,β-unsaturated/α-hetero) is 1. The molecule has 3 aromatic rings. The number of fused-ring (bicyclic) bond motifs is 2. The number of nitrogens with zero attached hydrogens (tertiary/aromatic N) is 1. The summed E-state index contributed by atoms with van der Waals surface area (Å²) in [5.41, 5.74) is 0.400. The smallest absolute Gasteiger partial charge is 0.277 e. The summed E-state index contributed by atoms with van der Waals surface area (Å²) in [6.45, 7) is 0. The number of hydrogen-bond donors (Lipinski definition) is 1. The third-order valence-electron chi connectivity index (χ3n) is 6.49. The Bertz CT molecular complexity index is 1400. The van der Waals surface area contributed by atoms with Gasteiger partial charge in [-0.1, -0.05) is 23.4 Å². The highest BCUT2D eigenvalue weighted by Crippen LogP contribution is 2.50. The van der Waals surface area contributed by atoms with Gasteiger partial charge < -0.3 is 29.1 Å². The van der Waals surface area contributed by atoms with E-state index in [-0.39, 0.29) is 11.5 Å². The van der Waals surface area contributed by atoms with Crippen molar-refractivity contribution < 1.29 is 33.4 Å². The number of nitrogens with one attached hydrogen (secondary N) is 1. The zero-order chi connectivity index (χ0) is 25.4. The Kier molecular flexibility index (Phi) is 5.75. The molecule has 0 bridgehead atoms. The number of carbonyl (C=O) groups excluding carboxylic acids is 2.